The molecule has 0 radical (unpaired) electrons. The number of halogens is 1. The highest BCUT2D eigenvalue weighted by molar-refractivity contribution is 5.98. The minimum Gasteiger partial charge on any atom is -0.496 e. The number of ether oxygens (including phenoxy) is 1. The third kappa shape index (κ3) is 4.35. The molecule has 0 spiro atoms. The zero-order chi connectivity index (χ0) is 23.5. The van der Waals surface area contributed by atoms with Gasteiger partial charge in [0, 0.05) is 36.5 Å². The van der Waals surface area contributed by atoms with Gasteiger partial charge >= 0.3 is 0 Å². The average molecular weight is 445 g/mol. The van der Waals surface area contributed by atoms with Crippen LogP contribution in [0.15, 0.2) is 60.8 Å². The molecule has 33 heavy (non-hydrogen) atoms. The van der Waals surface area contributed by atoms with Crippen molar-refractivity contribution in [1.82, 2.24) is 15.1 Å². The van der Waals surface area contributed by atoms with Crippen LogP contribution in [0.4, 0.5) is 4.39 Å². The minimum absolute atomic E-state index is 0.0462. The Morgan fingerprint density at radius 2 is 1.94 bits per heavy atom. The zero-order valence-corrected chi connectivity index (χ0v) is 18.7. The molecular formula is C26H24FN3O3. The topological polar surface area (TPSA) is 75.3 Å². The lowest BCUT2D eigenvalue weighted by molar-refractivity contribution is 0.0785. The van der Waals surface area contributed by atoms with Gasteiger partial charge in [0.2, 0.25) is 0 Å². The maximum atomic E-state index is 14.1. The number of methoxy groups -OCH3 is 1. The SMILES string of the molecule is CCC(=O)c1cc(-c2ccc(C(=O)N(C)Cc3cccc4cn[nH]c34)cc2OC)ccc1F. The molecular weight excluding hydrogens is 421 g/mol. The lowest BCUT2D eigenvalue weighted by Gasteiger charge is -2.19. The van der Waals surface area contributed by atoms with Crippen LogP contribution in [0.25, 0.3) is 22.0 Å². The largest absolute Gasteiger partial charge is 0.496 e. The number of benzene rings is 3. The molecule has 0 aliphatic heterocycles. The molecule has 7 heteroatoms. The summed E-state index contributed by atoms with van der Waals surface area (Å²) in [5, 5.41) is 8.04. The second kappa shape index (κ2) is 9.24. The van der Waals surface area contributed by atoms with E-state index in [4.69, 9.17) is 4.74 Å². The maximum Gasteiger partial charge on any atom is 0.254 e. The number of carbonyl (C=O) groups excluding carboxylic acids is 2. The molecule has 1 heterocycles. The molecule has 0 atom stereocenters. The number of nitrogens with one attached hydrogen (secondary N) is 1. The van der Waals surface area contributed by atoms with E-state index in [1.54, 1.807) is 49.3 Å². The Balaban J connectivity index is 1.62. The number of hydrogen-bond donors (Lipinski definition) is 1. The Morgan fingerprint density at radius 1 is 1.12 bits per heavy atom. The van der Waals surface area contributed by atoms with E-state index in [0.29, 0.717) is 29.0 Å². The van der Waals surface area contributed by atoms with Gasteiger partial charge in [0.1, 0.15) is 11.6 Å². The van der Waals surface area contributed by atoms with Crippen LogP contribution in [0, 0.1) is 5.82 Å². The Morgan fingerprint density at radius 3 is 2.70 bits per heavy atom. The highest BCUT2D eigenvalue weighted by Gasteiger charge is 2.18. The fourth-order valence-electron chi connectivity index (χ4n) is 3.87. The van der Waals surface area contributed by atoms with Crippen LogP contribution >= 0.6 is 0 Å². The first-order valence-electron chi connectivity index (χ1n) is 10.6. The summed E-state index contributed by atoms with van der Waals surface area (Å²) in [6, 6.07) is 15.4. The third-order valence-electron chi connectivity index (χ3n) is 5.66. The zero-order valence-electron chi connectivity index (χ0n) is 18.7. The Bertz CT molecular complexity index is 1350. The van der Waals surface area contributed by atoms with Crippen molar-refractivity contribution >= 4 is 22.6 Å². The van der Waals surface area contributed by atoms with Gasteiger partial charge in [-0.15, -0.1) is 0 Å². The van der Waals surface area contributed by atoms with Crippen LogP contribution in [-0.4, -0.2) is 40.9 Å². The highest BCUT2D eigenvalue weighted by Crippen LogP contribution is 2.33. The maximum absolute atomic E-state index is 14.1. The van der Waals surface area contributed by atoms with E-state index in [1.165, 1.54) is 19.2 Å². The second-order valence-electron chi connectivity index (χ2n) is 7.80. The van der Waals surface area contributed by atoms with Gasteiger partial charge in [-0.05, 0) is 41.5 Å². The number of aromatic nitrogens is 2. The van der Waals surface area contributed by atoms with Gasteiger partial charge in [0.15, 0.2) is 5.78 Å². The first kappa shape index (κ1) is 22.2. The van der Waals surface area contributed by atoms with E-state index < -0.39 is 5.82 Å². The number of ketones is 1. The number of Topliss-reactive ketones (excluding diaryl/α,β-unsaturated/α-hetero) is 1. The second-order valence-corrected chi connectivity index (χ2v) is 7.80. The molecule has 0 fully saturated rings. The average Bonchev–Trinajstić information content (AvgIpc) is 3.33. The summed E-state index contributed by atoms with van der Waals surface area (Å²) in [5.41, 5.74) is 3.68. The molecule has 0 aliphatic carbocycles. The summed E-state index contributed by atoms with van der Waals surface area (Å²) < 4.78 is 19.6. The van der Waals surface area contributed by atoms with E-state index in [1.807, 2.05) is 18.2 Å². The predicted octanol–water partition coefficient (Wildman–Crippen LogP) is 5.24. The fraction of sp³-hybridized carbons (Fsp3) is 0.192. The smallest absolute Gasteiger partial charge is 0.254 e. The van der Waals surface area contributed by atoms with Gasteiger partial charge in [0.05, 0.1) is 24.4 Å². The molecule has 1 amide bonds. The van der Waals surface area contributed by atoms with Gasteiger partial charge in [0.25, 0.3) is 5.91 Å². The summed E-state index contributed by atoms with van der Waals surface area (Å²) >= 11 is 0. The van der Waals surface area contributed by atoms with Crippen LogP contribution in [0.5, 0.6) is 5.75 Å². The lowest BCUT2D eigenvalue weighted by Crippen LogP contribution is -2.26. The van der Waals surface area contributed by atoms with Crippen LogP contribution in [-0.2, 0) is 6.54 Å². The predicted molar refractivity (Wildman–Crippen MR) is 125 cm³/mol. The molecule has 6 nitrogen and oxygen atoms in total. The minimum atomic E-state index is -0.551. The number of amides is 1. The molecule has 0 saturated carbocycles. The quantitative estimate of drug-likeness (QED) is 0.395. The van der Waals surface area contributed by atoms with Gasteiger partial charge in [-0.3, -0.25) is 14.7 Å². The van der Waals surface area contributed by atoms with E-state index >= 15 is 0 Å². The van der Waals surface area contributed by atoms with Crippen LogP contribution < -0.4 is 4.74 Å². The Labute approximate surface area is 191 Å². The fourth-order valence-corrected chi connectivity index (χ4v) is 3.87. The molecule has 0 saturated heterocycles. The number of nitrogens with zero attached hydrogens (tertiary/aromatic N) is 2. The molecule has 1 aromatic heterocycles. The van der Waals surface area contributed by atoms with Crippen LogP contribution in [0.1, 0.15) is 39.6 Å². The Kier molecular flexibility index (Phi) is 6.22. The number of H-pyrrole nitrogens is 1. The first-order valence-corrected chi connectivity index (χ1v) is 10.6. The summed E-state index contributed by atoms with van der Waals surface area (Å²) in [4.78, 5) is 26.8. The number of rotatable bonds is 7. The summed E-state index contributed by atoms with van der Waals surface area (Å²) in [7, 11) is 3.25. The van der Waals surface area contributed by atoms with Gasteiger partial charge in [-0.25, -0.2) is 4.39 Å². The van der Waals surface area contributed by atoms with Crippen LogP contribution in [0.3, 0.4) is 0 Å². The molecule has 0 aliphatic rings. The highest BCUT2D eigenvalue weighted by atomic mass is 19.1. The molecule has 1 N–H and O–H groups in total. The monoisotopic (exact) mass is 445 g/mol. The number of fused-ring (bicyclic) bond motifs is 1. The first-order chi connectivity index (χ1) is 15.9. The van der Waals surface area contributed by atoms with E-state index in [2.05, 4.69) is 10.2 Å². The van der Waals surface area contributed by atoms with Crippen molar-refractivity contribution in [3.8, 4) is 16.9 Å². The third-order valence-corrected chi connectivity index (χ3v) is 5.66. The molecule has 0 bridgehead atoms. The summed E-state index contributed by atoms with van der Waals surface area (Å²) in [6.07, 6.45) is 1.96. The van der Waals surface area contributed by atoms with E-state index in [0.717, 1.165) is 16.5 Å². The van der Waals surface area contributed by atoms with Crippen molar-refractivity contribution in [3.63, 3.8) is 0 Å². The van der Waals surface area contributed by atoms with Gasteiger partial charge in [-0.1, -0.05) is 31.2 Å². The summed E-state index contributed by atoms with van der Waals surface area (Å²) in [5.74, 6) is -0.525. The summed E-state index contributed by atoms with van der Waals surface area (Å²) in [6.45, 7) is 2.10. The molecule has 168 valence electrons. The van der Waals surface area contributed by atoms with E-state index in [-0.39, 0.29) is 23.7 Å². The molecule has 4 rings (SSSR count). The van der Waals surface area contributed by atoms with Crippen molar-refractivity contribution in [2.45, 2.75) is 19.9 Å². The van der Waals surface area contributed by atoms with Crippen molar-refractivity contribution in [1.29, 1.82) is 0 Å². The number of carbonyl (C=O) groups is 2. The number of hydrogen-bond acceptors (Lipinski definition) is 4. The molecule has 3 aromatic carbocycles. The molecule has 4 aromatic rings. The van der Waals surface area contributed by atoms with Gasteiger partial charge in [-0.2, -0.15) is 5.10 Å². The normalized spacial score (nSPS) is 10.9. The van der Waals surface area contributed by atoms with Crippen molar-refractivity contribution in [2.24, 2.45) is 0 Å². The van der Waals surface area contributed by atoms with Gasteiger partial charge < -0.3 is 9.64 Å². The van der Waals surface area contributed by atoms with Crippen LogP contribution in [0.2, 0.25) is 0 Å². The molecule has 0 unspecified atom stereocenters. The van der Waals surface area contributed by atoms with Crippen molar-refractivity contribution in [3.05, 3.63) is 83.3 Å². The number of aromatic amines is 1. The standard InChI is InChI=1S/C26H24FN3O3/c1-4-23(31)21-12-16(9-11-22(21)27)20-10-8-17(13-24(20)33-3)26(32)30(2)15-19-7-5-6-18-14-28-29-25(18)19/h5-14H,4,15H2,1-3H3,(H,28,29). The number of para-hydroxylation sites is 1. The van der Waals surface area contributed by atoms with Crippen molar-refractivity contribution in [2.75, 3.05) is 14.2 Å². The van der Waals surface area contributed by atoms with E-state index in [9.17, 15) is 14.0 Å². The lowest BCUT2D eigenvalue weighted by atomic mass is 9.98. The Hall–Kier alpha value is -4.00. The van der Waals surface area contributed by atoms with Crippen molar-refractivity contribution < 1.29 is 18.7 Å².